The predicted octanol–water partition coefficient (Wildman–Crippen LogP) is 5.96. The standard InChI is InChI=1S/C22H43NO4Si/c1-12-13-17(15-26-28(10,11)21(5,6)7)14-18-16-25-22(8,9)23(18)19(24)27-20(2,3)4/h12,17-18H,1,13-16H2,2-11H3/t17-,18?/m0/s1. The van der Waals surface area contributed by atoms with Gasteiger partial charge in [-0.3, -0.25) is 4.90 Å². The molecule has 1 amide bonds. The minimum atomic E-state index is -1.82. The molecule has 0 spiro atoms. The van der Waals surface area contributed by atoms with E-state index < -0.39 is 19.6 Å². The number of hydrogen-bond acceptors (Lipinski definition) is 4. The summed E-state index contributed by atoms with van der Waals surface area (Å²) in [6, 6.07) is -0.0298. The van der Waals surface area contributed by atoms with Gasteiger partial charge < -0.3 is 13.9 Å². The first-order chi connectivity index (χ1) is 12.5. The zero-order valence-corrected chi connectivity index (χ0v) is 20.8. The molecule has 1 rings (SSSR count). The third-order valence-electron chi connectivity index (χ3n) is 5.76. The third-order valence-corrected chi connectivity index (χ3v) is 10.3. The van der Waals surface area contributed by atoms with Gasteiger partial charge in [-0.15, -0.1) is 6.58 Å². The Morgan fingerprint density at radius 1 is 1.29 bits per heavy atom. The van der Waals surface area contributed by atoms with Gasteiger partial charge in [0.15, 0.2) is 8.32 Å². The Hall–Kier alpha value is -0.853. The van der Waals surface area contributed by atoms with Crippen LogP contribution in [0.5, 0.6) is 0 Å². The number of carbonyl (C=O) groups excluding carboxylic acids is 1. The van der Waals surface area contributed by atoms with Crippen molar-refractivity contribution < 1.29 is 18.7 Å². The van der Waals surface area contributed by atoms with Crippen molar-refractivity contribution in [3.05, 3.63) is 12.7 Å². The smallest absolute Gasteiger partial charge is 0.412 e. The van der Waals surface area contributed by atoms with E-state index in [4.69, 9.17) is 13.9 Å². The fourth-order valence-corrected chi connectivity index (χ4v) is 4.22. The summed E-state index contributed by atoms with van der Waals surface area (Å²) in [6.07, 6.45) is 3.29. The Morgan fingerprint density at radius 2 is 1.86 bits per heavy atom. The number of ether oxygens (including phenoxy) is 2. The Bertz CT molecular complexity index is 546. The summed E-state index contributed by atoms with van der Waals surface area (Å²) >= 11 is 0. The lowest BCUT2D eigenvalue weighted by atomic mass is 9.97. The van der Waals surface area contributed by atoms with Crippen molar-refractivity contribution >= 4 is 14.4 Å². The average Bonchev–Trinajstić information content (AvgIpc) is 2.77. The second kappa shape index (κ2) is 8.88. The van der Waals surface area contributed by atoms with Gasteiger partial charge in [-0.2, -0.15) is 0 Å². The summed E-state index contributed by atoms with van der Waals surface area (Å²) in [7, 11) is -1.82. The van der Waals surface area contributed by atoms with Crippen molar-refractivity contribution in [1.29, 1.82) is 0 Å². The zero-order chi connectivity index (χ0) is 22.0. The minimum absolute atomic E-state index is 0.0298. The molecule has 0 saturated carbocycles. The van der Waals surface area contributed by atoms with Gasteiger partial charge in [-0.25, -0.2) is 4.79 Å². The SMILES string of the molecule is C=CC[C@H](CO[Si](C)(C)C(C)(C)C)CC1COC(C)(C)N1C(=O)OC(C)(C)C. The molecule has 1 unspecified atom stereocenters. The Kier molecular flexibility index (Phi) is 7.99. The maximum Gasteiger partial charge on any atom is 0.412 e. The number of hydrogen-bond donors (Lipinski definition) is 0. The van der Waals surface area contributed by atoms with Crippen LogP contribution in [0.15, 0.2) is 12.7 Å². The van der Waals surface area contributed by atoms with E-state index >= 15 is 0 Å². The molecule has 0 aliphatic carbocycles. The molecule has 1 saturated heterocycles. The molecule has 164 valence electrons. The van der Waals surface area contributed by atoms with E-state index in [2.05, 4.69) is 40.4 Å². The zero-order valence-electron chi connectivity index (χ0n) is 19.8. The molecular weight excluding hydrogens is 370 g/mol. The van der Waals surface area contributed by atoms with Crippen LogP contribution >= 0.6 is 0 Å². The molecule has 5 nitrogen and oxygen atoms in total. The summed E-state index contributed by atoms with van der Waals surface area (Å²) in [5.41, 5.74) is -1.21. The van der Waals surface area contributed by atoms with Gasteiger partial charge in [0.25, 0.3) is 0 Å². The summed E-state index contributed by atoms with van der Waals surface area (Å²) in [4.78, 5) is 14.6. The third kappa shape index (κ3) is 6.89. The normalized spacial score (nSPS) is 21.5. The van der Waals surface area contributed by atoms with Crippen LogP contribution in [0.1, 0.15) is 68.2 Å². The van der Waals surface area contributed by atoms with Crippen molar-refractivity contribution in [2.24, 2.45) is 5.92 Å². The number of amides is 1. The van der Waals surface area contributed by atoms with E-state index in [0.717, 1.165) is 12.8 Å². The van der Waals surface area contributed by atoms with Crippen molar-refractivity contribution in [3.8, 4) is 0 Å². The Balaban J connectivity index is 2.89. The molecule has 1 heterocycles. The molecule has 0 aromatic rings. The highest BCUT2D eigenvalue weighted by Crippen LogP contribution is 2.38. The first-order valence-electron chi connectivity index (χ1n) is 10.4. The average molecular weight is 414 g/mol. The Morgan fingerprint density at radius 3 is 2.32 bits per heavy atom. The van der Waals surface area contributed by atoms with Gasteiger partial charge in [-0.05, 0) is 71.5 Å². The Labute approximate surface area is 173 Å². The van der Waals surface area contributed by atoms with Crippen molar-refractivity contribution in [1.82, 2.24) is 4.90 Å². The summed E-state index contributed by atoms with van der Waals surface area (Å²) < 4.78 is 18.1. The van der Waals surface area contributed by atoms with Crippen molar-refractivity contribution in [2.75, 3.05) is 13.2 Å². The maximum absolute atomic E-state index is 12.9. The van der Waals surface area contributed by atoms with Gasteiger partial charge >= 0.3 is 6.09 Å². The minimum Gasteiger partial charge on any atom is -0.444 e. The largest absolute Gasteiger partial charge is 0.444 e. The second-order valence-electron chi connectivity index (χ2n) is 11.0. The first kappa shape index (κ1) is 25.2. The van der Waals surface area contributed by atoms with E-state index in [9.17, 15) is 4.79 Å². The molecule has 0 N–H and O–H groups in total. The lowest BCUT2D eigenvalue weighted by molar-refractivity contribution is -0.0632. The molecule has 0 aromatic heterocycles. The second-order valence-corrected chi connectivity index (χ2v) is 15.8. The van der Waals surface area contributed by atoms with Crippen molar-refractivity contribution in [3.63, 3.8) is 0 Å². The van der Waals surface area contributed by atoms with E-state index in [1.54, 1.807) is 4.90 Å². The molecule has 1 fully saturated rings. The van der Waals surface area contributed by atoms with Crippen LogP contribution in [-0.4, -0.2) is 49.9 Å². The summed E-state index contributed by atoms with van der Waals surface area (Å²) in [6.45, 7) is 25.9. The van der Waals surface area contributed by atoms with Gasteiger partial charge in [0.05, 0.1) is 12.6 Å². The fourth-order valence-electron chi connectivity index (χ4n) is 3.13. The van der Waals surface area contributed by atoms with Crippen LogP contribution in [0.2, 0.25) is 18.1 Å². The van der Waals surface area contributed by atoms with E-state index in [-0.39, 0.29) is 17.2 Å². The summed E-state index contributed by atoms with van der Waals surface area (Å²) in [5, 5.41) is 0.173. The number of carbonyl (C=O) groups is 1. The highest BCUT2D eigenvalue weighted by Gasteiger charge is 2.46. The van der Waals surface area contributed by atoms with Crippen LogP contribution < -0.4 is 0 Å². The molecule has 1 aliphatic rings. The molecule has 0 bridgehead atoms. The quantitative estimate of drug-likeness (QED) is 0.381. The number of nitrogens with zero attached hydrogens (tertiary/aromatic N) is 1. The molecule has 28 heavy (non-hydrogen) atoms. The van der Waals surface area contributed by atoms with Gasteiger partial charge in [0.1, 0.15) is 11.3 Å². The number of rotatable bonds is 7. The molecular formula is C22H43NO4Si. The topological polar surface area (TPSA) is 48.0 Å². The van der Waals surface area contributed by atoms with Gasteiger partial charge in [0, 0.05) is 6.61 Å². The van der Waals surface area contributed by atoms with E-state index in [1.165, 1.54) is 0 Å². The van der Waals surface area contributed by atoms with Crippen molar-refractivity contribution in [2.45, 2.75) is 104 Å². The van der Waals surface area contributed by atoms with E-state index in [0.29, 0.717) is 19.1 Å². The monoisotopic (exact) mass is 413 g/mol. The van der Waals surface area contributed by atoms with Crippen LogP contribution in [0.3, 0.4) is 0 Å². The number of allylic oxidation sites excluding steroid dienone is 1. The van der Waals surface area contributed by atoms with E-state index in [1.807, 2.05) is 40.7 Å². The van der Waals surface area contributed by atoms with Crippen LogP contribution in [0, 0.1) is 5.92 Å². The molecule has 1 aliphatic heterocycles. The molecule has 6 heteroatoms. The highest BCUT2D eigenvalue weighted by molar-refractivity contribution is 6.74. The van der Waals surface area contributed by atoms with Crippen LogP contribution in [-0.2, 0) is 13.9 Å². The molecule has 0 radical (unpaired) electrons. The maximum atomic E-state index is 12.9. The lowest BCUT2D eigenvalue weighted by Gasteiger charge is -2.38. The van der Waals surface area contributed by atoms with Crippen LogP contribution in [0.4, 0.5) is 4.79 Å². The molecule has 2 atom stereocenters. The lowest BCUT2D eigenvalue weighted by Crippen LogP contribution is -2.50. The predicted molar refractivity (Wildman–Crippen MR) is 118 cm³/mol. The van der Waals surface area contributed by atoms with Crippen LogP contribution in [0.25, 0.3) is 0 Å². The van der Waals surface area contributed by atoms with Gasteiger partial charge in [-0.1, -0.05) is 26.8 Å². The van der Waals surface area contributed by atoms with Gasteiger partial charge in [0.2, 0.25) is 0 Å². The summed E-state index contributed by atoms with van der Waals surface area (Å²) in [5.74, 6) is 0.291. The fraction of sp³-hybridized carbons (Fsp3) is 0.864. The molecule has 0 aromatic carbocycles. The first-order valence-corrected chi connectivity index (χ1v) is 13.3. The highest BCUT2D eigenvalue weighted by atomic mass is 28.4.